The average molecular weight is 378 g/mol. The van der Waals surface area contributed by atoms with Crippen molar-refractivity contribution in [1.82, 2.24) is 4.31 Å². The lowest BCUT2D eigenvalue weighted by atomic mass is 10.1. The van der Waals surface area contributed by atoms with E-state index in [0.29, 0.717) is 29.9 Å². The van der Waals surface area contributed by atoms with E-state index in [2.05, 4.69) is 15.9 Å². The Morgan fingerprint density at radius 3 is 2.76 bits per heavy atom. The van der Waals surface area contributed by atoms with Crippen LogP contribution in [0.4, 0.5) is 0 Å². The van der Waals surface area contributed by atoms with Crippen molar-refractivity contribution in [2.24, 2.45) is 5.92 Å². The molecule has 7 heteroatoms. The van der Waals surface area contributed by atoms with Gasteiger partial charge in [0.1, 0.15) is 5.75 Å². The van der Waals surface area contributed by atoms with Gasteiger partial charge in [0.15, 0.2) is 0 Å². The molecule has 5 nitrogen and oxygen atoms in total. The predicted octanol–water partition coefficient (Wildman–Crippen LogP) is 2.50. The SMILES string of the molecule is CCN(CC1CCOC1)S(=O)(=O)c1ccc(OC)c(Br)c1. The molecule has 1 aliphatic rings. The number of halogens is 1. The van der Waals surface area contributed by atoms with Crippen molar-refractivity contribution in [3.8, 4) is 5.75 Å². The Hall–Kier alpha value is -0.630. The maximum absolute atomic E-state index is 12.7. The molecule has 118 valence electrons. The van der Waals surface area contributed by atoms with Crippen molar-refractivity contribution < 1.29 is 17.9 Å². The highest BCUT2D eigenvalue weighted by molar-refractivity contribution is 9.10. The van der Waals surface area contributed by atoms with Crippen LogP contribution in [0.5, 0.6) is 5.75 Å². The molecule has 1 fully saturated rings. The quantitative estimate of drug-likeness (QED) is 0.763. The summed E-state index contributed by atoms with van der Waals surface area (Å²) >= 11 is 3.33. The summed E-state index contributed by atoms with van der Waals surface area (Å²) in [6, 6.07) is 4.82. The van der Waals surface area contributed by atoms with Crippen LogP contribution in [0.25, 0.3) is 0 Å². The summed E-state index contributed by atoms with van der Waals surface area (Å²) < 4.78 is 38.1. The average Bonchev–Trinajstić information content (AvgIpc) is 2.97. The normalized spacial score (nSPS) is 19.1. The van der Waals surface area contributed by atoms with Gasteiger partial charge in [-0.05, 0) is 46.5 Å². The number of nitrogens with zero attached hydrogens (tertiary/aromatic N) is 1. The van der Waals surface area contributed by atoms with E-state index in [-0.39, 0.29) is 10.8 Å². The zero-order chi connectivity index (χ0) is 15.5. The van der Waals surface area contributed by atoms with Gasteiger partial charge in [-0.2, -0.15) is 4.31 Å². The third-order valence-corrected chi connectivity index (χ3v) is 6.16. The van der Waals surface area contributed by atoms with Crippen LogP contribution in [0.1, 0.15) is 13.3 Å². The molecule has 2 rings (SSSR count). The van der Waals surface area contributed by atoms with Gasteiger partial charge in [0.25, 0.3) is 0 Å². The number of hydrogen-bond donors (Lipinski definition) is 0. The molecular weight excluding hydrogens is 358 g/mol. The lowest BCUT2D eigenvalue weighted by Gasteiger charge is -2.23. The standard InChI is InChI=1S/C14H20BrNO4S/c1-3-16(9-11-6-7-20-10-11)21(17,18)12-4-5-14(19-2)13(15)8-12/h4-5,8,11H,3,6-7,9-10H2,1-2H3. The minimum Gasteiger partial charge on any atom is -0.496 e. The third-order valence-electron chi connectivity index (χ3n) is 3.60. The van der Waals surface area contributed by atoms with Gasteiger partial charge in [0.2, 0.25) is 10.0 Å². The van der Waals surface area contributed by atoms with Crippen LogP contribution in [-0.4, -0.2) is 46.1 Å². The minimum absolute atomic E-state index is 0.274. The first-order chi connectivity index (χ1) is 9.98. The fraction of sp³-hybridized carbons (Fsp3) is 0.571. The molecule has 1 saturated heterocycles. The van der Waals surface area contributed by atoms with Gasteiger partial charge in [-0.3, -0.25) is 0 Å². The Morgan fingerprint density at radius 2 is 2.24 bits per heavy atom. The summed E-state index contributed by atoms with van der Waals surface area (Å²) in [7, 11) is -1.95. The first-order valence-corrected chi connectivity index (χ1v) is 9.13. The highest BCUT2D eigenvalue weighted by Gasteiger charge is 2.28. The van der Waals surface area contributed by atoms with Crippen LogP contribution in [0.15, 0.2) is 27.6 Å². The molecule has 1 unspecified atom stereocenters. The molecule has 0 aromatic heterocycles. The number of rotatable bonds is 6. The van der Waals surface area contributed by atoms with Crippen molar-refractivity contribution in [3.63, 3.8) is 0 Å². The van der Waals surface area contributed by atoms with Crippen LogP contribution in [0.2, 0.25) is 0 Å². The van der Waals surface area contributed by atoms with E-state index >= 15 is 0 Å². The van der Waals surface area contributed by atoms with Crippen LogP contribution in [0.3, 0.4) is 0 Å². The molecule has 0 amide bonds. The van der Waals surface area contributed by atoms with Crippen molar-refractivity contribution in [3.05, 3.63) is 22.7 Å². The van der Waals surface area contributed by atoms with Crippen molar-refractivity contribution >= 4 is 26.0 Å². The summed E-state index contributed by atoms with van der Waals surface area (Å²) in [6.07, 6.45) is 0.915. The zero-order valence-electron chi connectivity index (χ0n) is 12.2. The maximum Gasteiger partial charge on any atom is 0.243 e. The number of hydrogen-bond acceptors (Lipinski definition) is 4. The molecule has 1 atom stereocenters. The van der Waals surface area contributed by atoms with Gasteiger partial charge >= 0.3 is 0 Å². The number of benzene rings is 1. The minimum atomic E-state index is -3.49. The fourth-order valence-corrected chi connectivity index (χ4v) is 4.61. The van der Waals surface area contributed by atoms with E-state index in [0.717, 1.165) is 13.0 Å². The monoisotopic (exact) mass is 377 g/mol. The largest absolute Gasteiger partial charge is 0.496 e. The smallest absolute Gasteiger partial charge is 0.243 e. The van der Waals surface area contributed by atoms with Gasteiger partial charge in [0, 0.05) is 19.7 Å². The Bertz CT molecular complexity index is 585. The van der Waals surface area contributed by atoms with E-state index < -0.39 is 10.0 Å². The molecule has 0 radical (unpaired) electrons. The Labute approximate surface area is 134 Å². The van der Waals surface area contributed by atoms with Crippen molar-refractivity contribution in [1.29, 1.82) is 0 Å². The summed E-state index contributed by atoms with van der Waals surface area (Å²) in [5.74, 6) is 0.891. The molecule has 1 aliphatic heterocycles. The Morgan fingerprint density at radius 1 is 1.48 bits per heavy atom. The van der Waals surface area contributed by atoms with Crippen LogP contribution < -0.4 is 4.74 Å². The summed E-state index contributed by atoms with van der Waals surface area (Å²) in [5.41, 5.74) is 0. The second kappa shape index (κ2) is 7.09. The van der Waals surface area contributed by atoms with Crippen LogP contribution >= 0.6 is 15.9 Å². The molecule has 1 aromatic rings. The lowest BCUT2D eigenvalue weighted by molar-refractivity contribution is 0.181. The highest BCUT2D eigenvalue weighted by atomic mass is 79.9. The van der Waals surface area contributed by atoms with E-state index in [4.69, 9.17) is 9.47 Å². The molecule has 0 saturated carbocycles. The van der Waals surface area contributed by atoms with Crippen molar-refractivity contribution in [2.45, 2.75) is 18.2 Å². The van der Waals surface area contributed by atoms with Gasteiger partial charge in [0.05, 0.1) is 23.1 Å². The van der Waals surface area contributed by atoms with E-state index in [1.807, 2.05) is 6.92 Å². The van der Waals surface area contributed by atoms with E-state index in [9.17, 15) is 8.42 Å². The van der Waals surface area contributed by atoms with Crippen LogP contribution in [-0.2, 0) is 14.8 Å². The number of ether oxygens (including phenoxy) is 2. The molecule has 0 bridgehead atoms. The topological polar surface area (TPSA) is 55.8 Å². The summed E-state index contributed by atoms with van der Waals surface area (Å²) in [6.45, 7) is 4.16. The predicted molar refractivity (Wildman–Crippen MR) is 84.1 cm³/mol. The van der Waals surface area contributed by atoms with Gasteiger partial charge < -0.3 is 9.47 Å². The van der Waals surface area contributed by atoms with E-state index in [1.54, 1.807) is 25.3 Å². The molecule has 1 aromatic carbocycles. The van der Waals surface area contributed by atoms with Crippen molar-refractivity contribution in [2.75, 3.05) is 33.4 Å². The molecule has 0 N–H and O–H groups in total. The highest BCUT2D eigenvalue weighted by Crippen LogP contribution is 2.29. The van der Waals surface area contributed by atoms with Crippen LogP contribution in [0, 0.1) is 5.92 Å². The van der Waals surface area contributed by atoms with Gasteiger partial charge in [-0.1, -0.05) is 6.92 Å². The molecule has 0 spiro atoms. The summed E-state index contributed by atoms with van der Waals surface area (Å²) in [4.78, 5) is 0.274. The second-order valence-corrected chi connectivity index (χ2v) is 7.77. The molecule has 1 heterocycles. The number of methoxy groups -OCH3 is 1. The van der Waals surface area contributed by atoms with E-state index in [1.165, 1.54) is 4.31 Å². The Kier molecular flexibility index (Phi) is 5.65. The molecule has 0 aliphatic carbocycles. The van der Waals surface area contributed by atoms with Gasteiger partial charge in [-0.15, -0.1) is 0 Å². The molecular formula is C14H20BrNO4S. The second-order valence-electron chi connectivity index (χ2n) is 4.98. The number of sulfonamides is 1. The molecule has 21 heavy (non-hydrogen) atoms. The first-order valence-electron chi connectivity index (χ1n) is 6.90. The summed E-state index contributed by atoms with van der Waals surface area (Å²) in [5, 5.41) is 0. The zero-order valence-corrected chi connectivity index (χ0v) is 14.6. The first kappa shape index (κ1) is 16.7. The third kappa shape index (κ3) is 3.77. The lowest BCUT2D eigenvalue weighted by Crippen LogP contribution is -2.35. The Balaban J connectivity index is 2.23. The maximum atomic E-state index is 12.7. The fourth-order valence-electron chi connectivity index (χ4n) is 2.37. The van der Waals surface area contributed by atoms with Gasteiger partial charge in [-0.25, -0.2) is 8.42 Å².